The molecular weight excluding hydrogens is 276 g/mol. The largest absolute Gasteiger partial charge is 0.294 e. The van der Waals surface area contributed by atoms with Crippen molar-refractivity contribution in [3.05, 3.63) is 82.9 Å². The second-order valence-corrected chi connectivity index (χ2v) is 5.20. The normalized spacial score (nSPS) is 13.5. The maximum Gasteiger partial charge on any atom is 0.189 e. The molecule has 0 aliphatic heterocycles. The molecular formula is C19H14O3. The Morgan fingerprint density at radius 1 is 0.818 bits per heavy atom. The van der Waals surface area contributed by atoms with Crippen LogP contribution in [0, 0.1) is 0 Å². The van der Waals surface area contributed by atoms with E-state index in [9.17, 15) is 14.4 Å². The van der Waals surface area contributed by atoms with Crippen molar-refractivity contribution in [2.75, 3.05) is 0 Å². The molecule has 2 aromatic rings. The maximum absolute atomic E-state index is 12.4. The van der Waals surface area contributed by atoms with Crippen molar-refractivity contribution in [1.29, 1.82) is 0 Å². The van der Waals surface area contributed by atoms with Gasteiger partial charge in [0.05, 0.1) is 0 Å². The summed E-state index contributed by atoms with van der Waals surface area (Å²) in [5, 5.41) is 0. The molecule has 22 heavy (non-hydrogen) atoms. The van der Waals surface area contributed by atoms with Crippen LogP contribution in [0.15, 0.2) is 66.2 Å². The van der Waals surface area contributed by atoms with Gasteiger partial charge < -0.3 is 0 Å². The zero-order valence-electron chi connectivity index (χ0n) is 11.9. The van der Waals surface area contributed by atoms with Crippen LogP contribution in [0.4, 0.5) is 0 Å². The van der Waals surface area contributed by atoms with Gasteiger partial charge in [-0.2, -0.15) is 0 Å². The van der Waals surface area contributed by atoms with E-state index in [1.807, 2.05) is 6.07 Å². The van der Waals surface area contributed by atoms with E-state index in [2.05, 4.69) is 0 Å². The van der Waals surface area contributed by atoms with Gasteiger partial charge in [0, 0.05) is 28.7 Å². The Morgan fingerprint density at radius 3 is 2.18 bits per heavy atom. The molecule has 0 radical (unpaired) electrons. The zero-order chi connectivity index (χ0) is 15.5. The van der Waals surface area contributed by atoms with Crippen LogP contribution in [0.5, 0.6) is 0 Å². The van der Waals surface area contributed by atoms with Crippen molar-refractivity contribution in [3.63, 3.8) is 0 Å². The van der Waals surface area contributed by atoms with Gasteiger partial charge in [-0.15, -0.1) is 0 Å². The summed E-state index contributed by atoms with van der Waals surface area (Å²) in [7, 11) is 0. The van der Waals surface area contributed by atoms with Crippen molar-refractivity contribution in [3.8, 4) is 0 Å². The van der Waals surface area contributed by atoms with Gasteiger partial charge in [0.25, 0.3) is 0 Å². The Labute approximate surface area is 128 Å². The fraction of sp³-hybridized carbons (Fsp3) is 0.105. The second-order valence-electron chi connectivity index (χ2n) is 5.20. The lowest BCUT2D eigenvalue weighted by molar-refractivity contribution is 0.0964. The third-order valence-electron chi connectivity index (χ3n) is 3.75. The molecule has 0 aromatic heterocycles. The Kier molecular flexibility index (Phi) is 3.79. The van der Waals surface area contributed by atoms with Crippen LogP contribution in [0.1, 0.15) is 43.9 Å². The van der Waals surface area contributed by atoms with Gasteiger partial charge in [0.2, 0.25) is 0 Å². The van der Waals surface area contributed by atoms with Gasteiger partial charge in [-0.1, -0.05) is 54.6 Å². The van der Waals surface area contributed by atoms with Crippen LogP contribution in [0.25, 0.3) is 0 Å². The van der Waals surface area contributed by atoms with E-state index in [0.29, 0.717) is 22.3 Å². The molecule has 0 amide bonds. The number of fused-ring (bicyclic) bond motifs is 1. The van der Waals surface area contributed by atoms with Gasteiger partial charge in [0.1, 0.15) is 0 Å². The lowest BCUT2D eigenvalue weighted by Crippen LogP contribution is -2.17. The molecule has 0 heterocycles. The molecule has 0 N–H and O–H groups in total. The predicted octanol–water partition coefficient (Wildman–Crippen LogP) is 3.66. The SMILES string of the molecule is O=C(CCC1=CC(=O)c2ccccc2C1=O)c1ccccc1. The molecule has 108 valence electrons. The summed E-state index contributed by atoms with van der Waals surface area (Å²) in [5.74, 6) is -0.353. The minimum atomic E-state index is -0.169. The van der Waals surface area contributed by atoms with E-state index >= 15 is 0 Å². The molecule has 0 spiro atoms. The number of carbonyl (C=O) groups excluding carboxylic acids is 3. The number of rotatable bonds is 4. The zero-order valence-corrected chi connectivity index (χ0v) is 11.9. The average molecular weight is 290 g/mol. The van der Waals surface area contributed by atoms with Crippen LogP contribution >= 0.6 is 0 Å². The van der Waals surface area contributed by atoms with Crippen molar-refractivity contribution < 1.29 is 14.4 Å². The average Bonchev–Trinajstić information content (AvgIpc) is 2.57. The quantitative estimate of drug-likeness (QED) is 0.807. The number of hydrogen-bond acceptors (Lipinski definition) is 3. The third-order valence-corrected chi connectivity index (χ3v) is 3.75. The van der Waals surface area contributed by atoms with Crippen LogP contribution < -0.4 is 0 Å². The summed E-state index contributed by atoms with van der Waals surface area (Å²) in [6.45, 7) is 0. The fourth-order valence-corrected chi connectivity index (χ4v) is 2.57. The molecule has 0 fully saturated rings. The number of ketones is 3. The number of Topliss-reactive ketones (excluding diaryl/α,β-unsaturated/α-hetero) is 2. The van der Waals surface area contributed by atoms with Crippen molar-refractivity contribution in [2.24, 2.45) is 0 Å². The van der Waals surface area contributed by atoms with E-state index in [-0.39, 0.29) is 30.2 Å². The van der Waals surface area contributed by atoms with Gasteiger partial charge in [-0.25, -0.2) is 0 Å². The Morgan fingerprint density at radius 2 is 1.45 bits per heavy atom. The van der Waals surface area contributed by atoms with E-state index in [1.165, 1.54) is 6.08 Å². The molecule has 0 saturated heterocycles. The predicted molar refractivity (Wildman–Crippen MR) is 83.2 cm³/mol. The first-order valence-electron chi connectivity index (χ1n) is 7.13. The topological polar surface area (TPSA) is 51.2 Å². The molecule has 1 aliphatic carbocycles. The minimum Gasteiger partial charge on any atom is -0.294 e. The number of carbonyl (C=O) groups is 3. The highest BCUT2D eigenvalue weighted by Gasteiger charge is 2.25. The molecule has 3 rings (SSSR count). The van der Waals surface area contributed by atoms with Crippen LogP contribution in [0.3, 0.4) is 0 Å². The Hall–Kier alpha value is -2.81. The first-order valence-corrected chi connectivity index (χ1v) is 7.13. The first kappa shape index (κ1) is 14.1. The summed E-state index contributed by atoms with van der Waals surface area (Å²) in [4.78, 5) is 36.5. The molecule has 3 heteroatoms. The Bertz CT molecular complexity index is 785. The van der Waals surface area contributed by atoms with Crippen molar-refractivity contribution in [2.45, 2.75) is 12.8 Å². The summed E-state index contributed by atoms with van der Waals surface area (Å²) in [5.41, 5.74) is 1.90. The van der Waals surface area contributed by atoms with E-state index < -0.39 is 0 Å². The standard InChI is InChI=1S/C19H14O3/c20-17(13-6-2-1-3-7-13)11-10-14-12-18(21)15-8-4-5-9-16(15)19(14)22/h1-9,12H,10-11H2. The smallest absolute Gasteiger partial charge is 0.189 e. The van der Waals surface area contributed by atoms with Gasteiger partial charge >= 0.3 is 0 Å². The highest BCUT2D eigenvalue weighted by molar-refractivity contribution is 6.24. The number of benzene rings is 2. The maximum atomic E-state index is 12.4. The van der Waals surface area contributed by atoms with E-state index in [0.717, 1.165) is 0 Å². The molecule has 0 unspecified atom stereocenters. The molecule has 0 bridgehead atoms. The van der Waals surface area contributed by atoms with Crippen LogP contribution in [-0.4, -0.2) is 17.3 Å². The summed E-state index contributed by atoms with van der Waals surface area (Å²) >= 11 is 0. The van der Waals surface area contributed by atoms with Gasteiger partial charge in [-0.3, -0.25) is 14.4 Å². The molecule has 0 saturated carbocycles. The molecule has 3 nitrogen and oxygen atoms in total. The molecule has 0 atom stereocenters. The van der Waals surface area contributed by atoms with Gasteiger partial charge in [-0.05, 0) is 12.5 Å². The summed E-state index contributed by atoms with van der Waals surface area (Å²) in [6, 6.07) is 15.7. The third kappa shape index (κ3) is 2.66. The lowest BCUT2D eigenvalue weighted by atomic mass is 9.87. The highest BCUT2D eigenvalue weighted by atomic mass is 16.1. The van der Waals surface area contributed by atoms with Crippen molar-refractivity contribution in [1.82, 2.24) is 0 Å². The monoisotopic (exact) mass is 290 g/mol. The van der Waals surface area contributed by atoms with Crippen LogP contribution in [-0.2, 0) is 0 Å². The van der Waals surface area contributed by atoms with Crippen molar-refractivity contribution >= 4 is 17.3 Å². The van der Waals surface area contributed by atoms with Gasteiger partial charge in [0.15, 0.2) is 17.3 Å². The minimum absolute atomic E-state index is 0.0272. The van der Waals surface area contributed by atoms with E-state index in [1.54, 1.807) is 48.5 Å². The lowest BCUT2D eigenvalue weighted by Gasteiger charge is -2.14. The first-order chi connectivity index (χ1) is 10.7. The van der Waals surface area contributed by atoms with E-state index in [4.69, 9.17) is 0 Å². The fourth-order valence-electron chi connectivity index (χ4n) is 2.57. The second kappa shape index (κ2) is 5.90. The number of hydrogen-bond donors (Lipinski definition) is 0. The molecule has 2 aromatic carbocycles. The Balaban J connectivity index is 1.76. The van der Waals surface area contributed by atoms with Crippen LogP contribution in [0.2, 0.25) is 0 Å². The number of allylic oxidation sites excluding steroid dienone is 2. The summed E-state index contributed by atoms with van der Waals surface area (Å²) < 4.78 is 0. The molecule has 1 aliphatic rings. The highest BCUT2D eigenvalue weighted by Crippen LogP contribution is 2.24. The summed E-state index contributed by atoms with van der Waals surface area (Å²) in [6.07, 6.45) is 1.87.